The van der Waals surface area contributed by atoms with Crippen molar-refractivity contribution in [3.8, 4) is 10.7 Å². The molecule has 7 nitrogen and oxygen atoms in total. The molecule has 31 heavy (non-hydrogen) atoms. The molecule has 1 aliphatic carbocycles. The van der Waals surface area contributed by atoms with Crippen molar-refractivity contribution >= 4 is 39.9 Å². The van der Waals surface area contributed by atoms with E-state index in [4.69, 9.17) is 0 Å². The van der Waals surface area contributed by atoms with E-state index in [1.807, 2.05) is 6.07 Å². The number of rotatable bonds is 6. The molecule has 3 heterocycles. The first kappa shape index (κ1) is 20.9. The lowest BCUT2D eigenvalue weighted by Crippen LogP contribution is -2.49. The molecule has 1 unspecified atom stereocenters. The monoisotopic (exact) mass is 463 g/mol. The molecule has 0 spiro atoms. The highest BCUT2D eigenvalue weighted by Gasteiger charge is 2.37. The molecule has 1 saturated heterocycles. The number of nitrogens with zero attached hydrogens (tertiary/aromatic N) is 5. The van der Waals surface area contributed by atoms with E-state index in [0.717, 1.165) is 65.3 Å². The van der Waals surface area contributed by atoms with Crippen LogP contribution in [0.2, 0.25) is 0 Å². The molecule has 2 N–H and O–H groups in total. The summed E-state index contributed by atoms with van der Waals surface area (Å²) < 4.78 is 29.7. The van der Waals surface area contributed by atoms with E-state index >= 15 is 0 Å². The summed E-state index contributed by atoms with van der Waals surface area (Å²) in [5.41, 5.74) is 2.54. The number of benzene rings is 1. The van der Waals surface area contributed by atoms with Crippen LogP contribution in [0.1, 0.15) is 38.1 Å². The second-order valence-electron chi connectivity index (χ2n) is 8.37. The van der Waals surface area contributed by atoms with Gasteiger partial charge in [-0.05, 0) is 50.8 Å². The Balaban J connectivity index is 1.61. The summed E-state index contributed by atoms with van der Waals surface area (Å²) in [6.45, 7) is 6.99. The Kier molecular flexibility index (Phi) is 5.53. The average molecular weight is 464 g/mol. The van der Waals surface area contributed by atoms with Crippen molar-refractivity contribution in [3.05, 3.63) is 23.5 Å². The number of halogens is 2. The molecule has 3 aromatic rings. The summed E-state index contributed by atoms with van der Waals surface area (Å²) in [5, 5.41) is 12.0. The smallest absolute Gasteiger partial charge is 0.291 e. The van der Waals surface area contributed by atoms with Crippen molar-refractivity contribution in [1.29, 1.82) is 0 Å². The molecule has 0 amide bonds. The van der Waals surface area contributed by atoms with Gasteiger partial charge in [-0.25, -0.2) is 18.7 Å². The highest BCUT2D eigenvalue weighted by atomic mass is 32.2. The second-order valence-corrected chi connectivity index (χ2v) is 10.3. The summed E-state index contributed by atoms with van der Waals surface area (Å²) in [6, 6.07) is 4.54. The number of hydrogen-bond donors (Lipinski definition) is 2. The number of anilines is 1. The molecular formula is C20H23F2N7S2. The van der Waals surface area contributed by atoms with Gasteiger partial charge in [-0.3, -0.25) is 4.72 Å². The van der Waals surface area contributed by atoms with E-state index in [9.17, 15) is 8.78 Å². The minimum absolute atomic E-state index is 0.171. The Bertz CT molecular complexity index is 1100. The minimum Gasteiger partial charge on any atom is -0.367 e. The fraction of sp³-hybridized carbons (Fsp3) is 0.500. The molecule has 2 aromatic heterocycles. The number of fused-ring (bicyclic) bond motifs is 1. The summed E-state index contributed by atoms with van der Waals surface area (Å²) >= 11 is 2.47. The van der Waals surface area contributed by atoms with E-state index in [1.165, 1.54) is 6.33 Å². The van der Waals surface area contributed by atoms with Gasteiger partial charge in [0.15, 0.2) is 10.0 Å². The molecule has 164 valence electrons. The summed E-state index contributed by atoms with van der Waals surface area (Å²) in [6.07, 6.45) is 1.15. The Morgan fingerprint density at radius 2 is 2.13 bits per heavy atom. The first-order chi connectivity index (χ1) is 14.9. The van der Waals surface area contributed by atoms with E-state index in [2.05, 4.69) is 55.0 Å². The first-order valence-electron chi connectivity index (χ1n) is 10.2. The number of aromatic nitrogens is 4. The third kappa shape index (κ3) is 4.36. The van der Waals surface area contributed by atoms with Crippen LogP contribution in [0.15, 0.2) is 23.4 Å². The average Bonchev–Trinajstić information content (AvgIpc) is 3.29. The van der Waals surface area contributed by atoms with Crippen LogP contribution in [0.3, 0.4) is 0 Å². The topological polar surface area (TPSA) is 78.9 Å². The van der Waals surface area contributed by atoms with Crippen LogP contribution in [-0.4, -0.2) is 51.4 Å². The van der Waals surface area contributed by atoms with Gasteiger partial charge in [-0.2, -0.15) is 0 Å². The molecule has 5 rings (SSSR count). The first-order valence-corrected chi connectivity index (χ1v) is 11.9. The molecule has 2 aliphatic rings. The van der Waals surface area contributed by atoms with Crippen LogP contribution in [0.5, 0.6) is 0 Å². The predicted octanol–water partition coefficient (Wildman–Crippen LogP) is 4.03. The van der Waals surface area contributed by atoms with Crippen molar-refractivity contribution in [3.63, 3.8) is 0 Å². The molecule has 1 atom stereocenters. The zero-order valence-electron chi connectivity index (χ0n) is 17.2. The lowest BCUT2D eigenvalue weighted by molar-refractivity contribution is 0.150. The third-order valence-corrected chi connectivity index (χ3v) is 7.65. The van der Waals surface area contributed by atoms with Crippen molar-refractivity contribution < 1.29 is 8.78 Å². The Morgan fingerprint density at radius 1 is 1.29 bits per heavy atom. The van der Waals surface area contributed by atoms with Gasteiger partial charge in [-0.15, -0.1) is 10.2 Å². The van der Waals surface area contributed by atoms with Gasteiger partial charge in [0.05, 0.1) is 11.2 Å². The van der Waals surface area contributed by atoms with E-state index < -0.39 is 6.43 Å². The molecule has 1 aromatic carbocycles. The molecule has 1 aliphatic heterocycles. The van der Waals surface area contributed by atoms with Gasteiger partial charge >= 0.3 is 0 Å². The molecule has 0 bridgehead atoms. The van der Waals surface area contributed by atoms with Crippen molar-refractivity contribution in [2.45, 2.75) is 49.6 Å². The zero-order chi connectivity index (χ0) is 21.6. The van der Waals surface area contributed by atoms with Gasteiger partial charge in [-0.1, -0.05) is 11.3 Å². The van der Waals surface area contributed by atoms with Gasteiger partial charge in [0.1, 0.15) is 12.0 Å². The SMILES string of the molecule is CC1CN(c2cc(SNC3(C)CC3)cc3c(-c4nnc(C(F)F)s4)ncnc23)CCN1. The quantitative estimate of drug-likeness (QED) is 0.531. The normalized spacial score (nSPS) is 20.5. The maximum atomic E-state index is 13.1. The molecule has 0 radical (unpaired) electrons. The Hall–Kier alpha value is -1.95. The largest absolute Gasteiger partial charge is 0.367 e. The van der Waals surface area contributed by atoms with E-state index in [1.54, 1.807) is 11.9 Å². The van der Waals surface area contributed by atoms with Crippen LogP contribution in [0.4, 0.5) is 14.5 Å². The van der Waals surface area contributed by atoms with Gasteiger partial charge in [0, 0.05) is 41.5 Å². The van der Waals surface area contributed by atoms with E-state index in [0.29, 0.717) is 16.7 Å². The van der Waals surface area contributed by atoms with Crippen LogP contribution in [0.25, 0.3) is 21.6 Å². The van der Waals surface area contributed by atoms with E-state index in [-0.39, 0.29) is 10.5 Å². The Morgan fingerprint density at radius 3 is 2.84 bits per heavy atom. The van der Waals surface area contributed by atoms with Crippen molar-refractivity contribution in [2.24, 2.45) is 0 Å². The number of nitrogens with one attached hydrogen (secondary N) is 2. The highest BCUT2D eigenvalue weighted by molar-refractivity contribution is 7.97. The molecule has 2 fully saturated rings. The Labute approximate surface area is 187 Å². The number of piperazine rings is 1. The molecule has 11 heteroatoms. The summed E-state index contributed by atoms with van der Waals surface area (Å²) in [4.78, 5) is 12.3. The van der Waals surface area contributed by atoms with Crippen molar-refractivity contribution in [1.82, 2.24) is 30.2 Å². The van der Waals surface area contributed by atoms with Crippen LogP contribution in [0, 0.1) is 0 Å². The van der Waals surface area contributed by atoms with Gasteiger partial charge < -0.3 is 10.2 Å². The maximum Gasteiger partial charge on any atom is 0.291 e. The standard InChI is InChI=1S/C20H23F2N7S2/c1-11-9-29(6-5-23-11)14-8-12(31-28-20(2)3-4-20)7-13-15(14)24-10-25-16(13)18-26-27-19(30-18)17(21)22/h7-8,10-11,17,23,28H,3-6,9H2,1-2H3. The van der Waals surface area contributed by atoms with Crippen LogP contribution >= 0.6 is 23.3 Å². The molecular weight excluding hydrogens is 440 g/mol. The zero-order valence-corrected chi connectivity index (χ0v) is 18.9. The lowest BCUT2D eigenvalue weighted by atomic mass is 10.1. The number of alkyl halides is 2. The van der Waals surface area contributed by atoms with Gasteiger partial charge in [0.2, 0.25) is 0 Å². The fourth-order valence-corrected chi connectivity index (χ4v) is 5.26. The van der Waals surface area contributed by atoms with Gasteiger partial charge in [0.25, 0.3) is 6.43 Å². The highest BCUT2D eigenvalue weighted by Crippen LogP contribution is 2.40. The second kappa shape index (κ2) is 8.19. The summed E-state index contributed by atoms with van der Waals surface area (Å²) in [5.74, 6) is 0. The fourth-order valence-electron chi connectivity index (χ4n) is 3.64. The maximum absolute atomic E-state index is 13.1. The van der Waals surface area contributed by atoms with Crippen LogP contribution < -0.4 is 14.9 Å². The number of hydrogen-bond acceptors (Lipinski definition) is 9. The molecule has 1 saturated carbocycles. The summed E-state index contributed by atoms with van der Waals surface area (Å²) in [7, 11) is 0. The predicted molar refractivity (Wildman–Crippen MR) is 120 cm³/mol. The van der Waals surface area contributed by atoms with Crippen molar-refractivity contribution in [2.75, 3.05) is 24.5 Å². The van der Waals surface area contributed by atoms with Crippen LogP contribution in [-0.2, 0) is 0 Å². The third-order valence-electron chi connectivity index (χ3n) is 5.65. The minimum atomic E-state index is -2.65. The lowest BCUT2D eigenvalue weighted by Gasteiger charge is -2.34.